The number of hydrogen-bond donors (Lipinski definition) is 3. The Bertz CT molecular complexity index is 985. The van der Waals surface area contributed by atoms with Crippen LogP contribution in [-0.2, 0) is 4.74 Å². The van der Waals surface area contributed by atoms with Crippen molar-refractivity contribution in [2.45, 2.75) is 63.6 Å². The number of hydrogen-bond acceptors (Lipinski definition) is 9. The predicted octanol–water partition coefficient (Wildman–Crippen LogP) is 3.65. The van der Waals surface area contributed by atoms with Crippen molar-refractivity contribution < 1.29 is 4.74 Å². The van der Waals surface area contributed by atoms with Crippen molar-refractivity contribution in [3.8, 4) is 17.5 Å². The van der Waals surface area contributed by atoms with E-state index >= 15 is 0 Å². The Kier molecular flexibility index (Phi) is 7.58. The van der Waals surface area contributed by atoms with Crippen LogP contribution in [0.1, 0.15) is 45.4 Å². The van der Waals surface area contributed by atoms with Crippen LogP contribution in [0.5, 0.6) is 0 Å². The zero-order valence-corrected chi connectivity index (χ0v) is 19.9. The lowest BCUT2D eigenvalue weighted by molar-refractivity contribution is 0.161. The number of ether oxygens (including phenoxy) is 1. The van der Waals surface area contributed by atoms with Crippen molar-refractivity contribution in [2.75, 3.05) is 30.9 Å². The van der Waals surface area contributed by atoms with Crippen molar-refractivity contribution in [3.63, 3.8) is 0 Å². The zero-order valence-electron chi connectivity index (χ0n) is 19.1. The number of rotatable bonds is 10. The van der Waals surface area contributed by atoms with Crippen LogP contribution in [0.2, 0.25) is 5.02 Å². The molecule has 0 saturated heterocycles. The Labute approximate surface area is 199 Å². The van der Waals surface area contributed by atoms with Gasteiger partial charge in [-0.15, -0.1) is 0 Å². The van der Waals surface area contributed by atoms with Crippen LogP contribution in [0.15, 0.2) is 18.6 Å². The summed E-state index contributed by atoms with van der Waals surface area (Å²) >= 11 is 6.41. The van der Waals surface area contributed by atoms with Crippen LogP contribution in [0.4, 0.5) is 11.8 Å². The van der Waals surface area contributed by atoms with Crippen molar-refractivity contribution in [1.82, 2.24) is 25.3 Å². The normalized spacial score (nSPS) is 22.2. The fraction of sp³-hybridized carbons (Fsp3) is 0.609. The summed E-state index contributed by atoms with van der Waals surface area (Å²) < 4.78 is 5.22. The lowest BCUT2D eigenvalue weighted by Gasteiger charge is -2.31. The third-order valence-corrected chi connectivity index (χ3v) is 6.63. The molecule has 1 unspecified atom stereocenters. The quantitative estimate of drug-likeness (QED) is 0.477. The van der Waals surface area contributed by atoms with E-state index in [1.54, 1.807) is 13.3 Å². The second-order valence-electron chi connectivity index (χ2n) is 9.14. The average molecular weight is 471 g/mol. The lowest BCUT2D eigenvalue weighted by Crippen LogP contribution is -2.43. The first-order valence-corrected chi connectivity index (χ1v) is 11.9. The van der Waals surface area contributed by atoms with Crippen LogP contribution in [0.25, 0.3) is 11.4 Å². The number of anilines is 2. The number of nitriles is 1. The molecule has 0 bridgehead atoms. The van der Waals surface area contributed by atoms with Crippen LogP contribution >= 0.6 is 11.6 Å². The van der Waals surface area contributed by atoms with Crippen molar-refractivity contribution in [1.29, 1.82) is 5.26 Å². The molecule has 0 aliphatic heterocycles. The summed E-state index contributed by atoms with van der Waals surface area (Å²) in [4.78, 5) is 17.7. The van der Waals surface area contributed by atoms with Gasteiger partial charge in [0.25, 0.3) is 0 Å². The molecule has 2 aliphatic carbocycles. The number of aromatic nitrogens is 4. The lowest BCUT2D eigenvalue weighted by atomic mass is 9.91. The molecule has 2 saturated carbocycles. The van der Waals surface area contributed by atoms with Crippen LogP contribution in [-0.4, -0.2) is 58.3 Å². The summed E-state index contributed by atoms with van der Waals surface area (Å²) in [5.41, 5.74) is 0.917. The van der Waals surface area contributed by atoms with Gasteiger partial charge in [-0.2, -0.15) is 5.26 Å². The largest absolute Gasteiger partial charge is 0.383 e. The maximum Gasteiger partial charge on any atom is 0.223 e. The minimum atomic E-state index is -0.259. The molecule has 2 fully saturated rings. The van der Waals surface area contributed by atoms with Gasteiger partial charge in [-0.3, -0.25) is 0 Å². The molecule has 10 heteroatoms. The highest BCUT2D eigenvalue weighted by atomic mass is 35.5. The van der Waals surface area contributed by atoms with E-state index in [-0.39, 0.29) is 5.41 Å². The second kappa shape index (κ2) is 10.6. The van der Waals surface area contributed by atoms with Crippen LogP contribution in [0.3, 0.4) is 0 Å². The number of methoxy groups -OCH3 is 1. The van der Waals surface area contributed by atoms with Crippen molar-refractivity contribution >= 4 is 23.4 Å². The Morgan fingerprint density at radius 1 is 1.21 bits per heavy atom. The van der Waals surface area contributed by atoms with Gasteiger partial charge in [0.2, 0.25) is 5.95 Å². The minimum Gasteiger partial charge on any atom is -0.383 e. The molecule has 3 N–H and O–H groups in total. The van der Waals surface area contributed by atoms with Crippen LogP contribution < -0.4 is 16.0 Å². The molecule has 0 aromatic carbocycles. The summed E-state index contributed by atoms with van der Waals surface area (Å²) in [7, 11) is 1.73. The maximum atomic E-state index is 9.27. The first-order chi connectivity index (χ1) is 16.0. The van der Waals surface area contributed by atoms with E-state index in [0.29, 0.717) is 52.8 Å². The van der Waals surface area contributed by atoms with Gasteiger partial charge in [0.15, 0.2) is 0 Å². The number of nitrogens with one attached hydrogen (secondary N) is 3. The number of halogens is 1. The fourth-order valence-electron chi connectivity index (χ4n) is 4.23. The molecule has 2 heterocycles. The third-order valence-electron chi connectivity index (χ3n) is 6.35. The fourth-order valence-corrected chi connectivity index (χ4v) is 4.41. The first-order valence-electron chi connectivity index (χ1n) is 11.5. The van der Waals surface area contributed by atoms with Crippen LogP contribution in [0, 0.1) is 16.7 Å². The molecular weight excluding hydrogens is 440 g/mol. The van der Waals surface area contributed by atoms with E-state index in [0.717, 1.165) is 45.1 Å². The third kappa shape index (κ3) is 6.28. The molecule has 33 heavy (non-hydrogen) atoms. The SMILES string of the molecule is COCC(C)NC1CCC(Nc2ncc(Cl)c(-c3cc(NCC4(C#N)CC4)ncn3)n2)CC1. The summed E-state index contributed by atoms with van der Waals surface area (Å²) in [6, 6.07) is 5.37. The standard InChI is InChI=1S/C23H31ClN8O/c1-15(11-33-2)30-16-3-5-17(6-4-16)31-22-26-10-18(24)21(32-22)19-9-20(29-14-28-19)27-13-23(12-25)7-8-23/h9-10,14-17,30H,3-8,11,13H2,1-2H3,(H,26,31,32)(H,27,28,29). The molecule has 2 aliphatic rings. The van der Waals surface area contributed by atoms with Gasteiger partial charge in [-0.25, -0.2) is 19.9 Å². The summed E-state index contributed by atoms with van der Waals surface area (Å²) in [6.45, 7) is 3.45. The van der Waals surface area contributed by atoms with Gasteiger partial charge >= 0.3 is 0 Å². The molecule has 0 radical (unpaired) electrons. The molecule has 0 spiro atoms. The number of nitrogens with zero attached hydrogens (tertiary/aromatic N) is 5. The Morgan fingerprint density at radius 2 is 1.97 bits per heavy atom. The Balaban J connectivity index is 1.37. The van der Waals surface area contributed by atoms with E-state index < -0.39 is 0 Å². The summed E-state index contributed by atoms with van der Waals surface area (Å²) in [5, 5.41) is 20.0. The van der Waals surface area contributed by atoms with Crippen molar-refractivity contribution in [3.05, 3.63) is 23.6 Å². The molecule has 1 atom stereocenters. The first kappa shape index (κ1) is 23.6. The minimum absolute atomic E-state index is 0.259. The summed E-state index contributed by atoms with van der Waals surface area (Å²) in [5.74, 6) is 1.20. The molecule has 176 valence electrons. The maximum absolute atomic E-state index is 9.27. The zero-order chi connectivity index (χ0) is 23.3. The topological polar surface area (TPSA) is 121 Å². The van der Waals surface area contributed by atoms with Gasteiger partial charge in [0.1, 0.15) is 17.8 Å². The highest BCUT2D eigenvalue weighted by molar-refractivity contribution is 6.32. The van der Waals surface area contributed by atoms with Gasteiger partial charge in [-0.05, 0) is 45.4 Å². The van der Waals surface area contributed by atoms with E-state index in [1.807, 2.05) is 6.07 Å². The average Bonchev–Trinajstić information content (AvgIpc) is 3.61. The van der Waals surface area contributed by atoms with E-state index in [9.17, 15) is 5.26 Å². The van der Waals surface area contributed by atoms with E-state index in [1.165, 1.54) is 6.33 Å². The van der Waals surface area contributed by atoms with E-state index in [2.05, 4.69) is 48.9 Å². The molecule has 4 rings (SSSR count). The van der Waals surface area contributed by atoms with Gasteiger partial charge < -0.3 is 20.7 Å². The second-order valence-corrected chi connectivity index (χ2v) is 9.55. The molecular formula is C23H31ClN8O. The van der Waals surface area contributed by atoms with Crippen molar-refractivity contribution in [2.24, 2.45) is 5.41 Å². The van der Waals surface area contributed by atoms with Gasteiger partial charge in [-0.1, -0.05) is 11.6 Å². The smallest absolute Gasteiger partial charge is 0.223 e. The Hall–Kier alpha value is -2.54. The highest BCUT2D eigenvalue weighted by Crippen LogP contribution is 2.44. The van der Waals surface area contributed by atoms with Gasteiger partial charge in [0.05, 0.1) is 35.0 Å². The van der Waals surface area contributed by atoms with Gasteiger partial charge in [0, 0.05) is 37.8 Å². The summed E-state index contributed by atoms with van der Waals surface area (Å²) in [6.07, 6.45) is 9.21. The highest BCUT2D eigenvalue weighted by Gasteiger charge is 2.42. The molecule has 2 aromatic heterocycles. The molecule has 0 amide bonds. The monoisotopic (exact) mass is 470 g/mol. The molecule has 2 aromatic rings. The predicted molar refractivity (Wildman–Crippen MR) is 128 cm³/mol. The Morgan fingerprint density at radius 3 is 2.67 bits per heavy atom. The molecule has 9 nitrogen and oxygen atoms in total. The van der Waals surface area contributed by atoms with E-state index in [4.69, 9.17) is 16.3 Å².